The first kappa shape index (κ1) is 10.2. The van der Waals surface area contributed by atoms with Crippen LogP contribution in [0.2, 0.25) is 0 Å². The Morgan fingerprint density at radius 1 is 1.15 bits per heavy atom. The molecular formula is C11H14F2. The van der Waals surface area contributed by atoms with E-state index >= 15 is 0 Å². The normalized spacial score (nSPS) is 11.7. The van der Waals surface area contributed by atoms with Gasteiger partial charge in [-0.3, -0.25) is 0 Å². The second kappa shape index (κ2) is 3.86. The molecule has 1 aromatic rings. The van der Waals surface area contributed by atoms with Gasteiger partial charge < -0.3 is 0 Å². The van der Waals surface area contributed by atoms with Crippen LogP contribution in [0.15, 0.2) is 24.3 Å². The van der Waals surface area contributed by atoms with Crippen molar-refractivity contribution in [2.24, 2.45) is 0 Å². The van der Waals surface area contributed by atoms with E-state index in [2.05, 4.69) is 0 Å². The van der Waals surface area contributed by atoms with Gasteiger partial charge in [0.15, 0.2) is 0 Å². The monoisotopic (exact) mass is 184 g/mol. The van der Waals surface area contributed by atoms with Crippen LogP contribution in [0, 0.1) is 6.92 Å². The number of aryl methyl sites for hydroxylation is 1. The molecule has 0 saturated carbocycles. The fourth-order valence-electron chi connectivity index (χ4n) is 1.13. The maximum atomic E-state index is 12.9. The Balaban J connectivity index is 2.69. The Kier molecular flexibility index (Phi) is 3.02. The van der Waals surface area contributed by atoms with Crippen molar-refractivity contribution in [1.82, 2.24) is 0 Å². The lowest BCUT2D eigenvalue weighted by molar-refractivity contribution is -0.00219. The van der Waals surface area contributed by atoms with Crippen LogP contribution in [0.4, 0.5) is 8.78 Å². The number of hydrogen-bond donors (Lipinski definition) is 0. The molecule has 0 saturated heterocycles. The molecule has 1 rings (SSSR count). The van der Waals surface area contributed by atoms with Crippen LogP contribution < -0.4 is 0 Å². The summed E-state index contributed by atoms with van der Waals surface area (Å²) in [5.41, 5.74) is 1.81. The molecule has 2 heteroatoms. The molecule has 0 unspecified atom stereocenters. The van der Waals surface area contributed by atoms with E-state index in [1.54, 1.807) is 12.1 Å². The minimum absolute atomic E-state index is 0.0964. The van der Waals surface area contributed by atoms with Crippen molar-refractivity contribution in [3.05, 3.63) is 35.4 Å². The lowest BCUT2D eigenvalue weighted by Crippen LogP contribution is -2.17. The smallest absolute Gasteiger partial charge is 0.207 e. The molecule has 0 N–H and O–H groups in total. The number of alkyl halides is 2. The van der Waals surface area contributed by atoms with Crippen LogP contribution in [0.5, 0.6) is 0 Å². The van der Waals surface area contributed by atoms with Crippen LogP contribution in [0.3, 0.4) is 0 Å². The average Bonchev–Trinajstić information content (AvgIpc) is 2.09. The van der Waals surface area contributed by atoms with Crippen LogP contribution >= 0.6 is 0 Å². The van der Waals surface area contributed by atoms with Gasteiger partial charge in [0.1, 0.15) is 0 Å². The predicted molar refractivity (Wildman–Crippen MR) is 50.1 cm³/mol. The zero-order valence-electron chi connectivity index (χ0n) is 7.98. The zero-order valence-corrected chi connectivity index (χ0v) is 7.98. The van der Waals surface area contributed by atoms with Gasteiger partial charge in [-0.25, -0.2) is 8.78 Å². The van der Waals surface area contributed by atoms with Crippen LogP contribution in [0.1, 0.15) is 24.5 Å². The van der Waals surface area contributed by atoms with Gasteiger partial charge in [0.05, 0.1) is 0 Å². The molecule has 0 atom stereocenters. The highest BCUT2D eigenvalue weighted by atomic mass is 19.3. The lowest BCUT2D eigenvalue weighted by atomic mass is 10.0. The van der Waals surface area contributed by atoms with Crippen LogP contribution in [-0.2, 0) is 6.42 Å². The van der Waals surface area contributed by atoms with E-state index in [-0.39, 0.29) is 12.8 Å². The second-order valence-corrected chi connectivity index (χ2v) is 3.37. The largest absolute Gasteiger partial charge is 0.251 e. The van der Waals surface area contributed by atoms with Crippen molar-refractivity contribution in [2.75, 3.05) is 0 Å². The minimum atomic E-state index is -2.56. The Morgan fingerprint density at radius 3 is 2.15 bits per heavy atom. The summed E-state index contributed by atoms with van der Waals surface area (Å²) in [5, 5.41) is 0. The van der Waals surface area contributed by atoms with Crippen molar-refractivity contribution in [3.8, 4) is 0 Å². The first-order chi connectivity index (χ1) is 6.03. The van der Waals surface area contributed by atoms with Gasteiger partial charge in [-0.05, 0) is 12.5 Å². The average molecular weight is 184 g/mol. The summed E-state index contributed by atoms with van der Waals surface area (Å²) in [6.07, 6.45) is -0.245. The number of halogens is 2. The summed E-state index contributed by atoms with van der Waals surface area (Å²) < 4.78 is 25.9. The summed E-state index contributed by atoms with van der Waals surface area (Å²) in [6.45, 7) is 3.45. The maximum absolute atomic E-state index is 12.9. The van der Waals surface area contributed by atoms with Gasteiger partial charge >= 0.3 is 0 Å². The van der Waals surface area contributed by atoms with E-state index in [4.69, 9.17) is 0 Å². The second-order valence-electron chi connectivity index (χ2n) is 3.37. The summed E-state index contributed by atoms with van der Waals surface area (Å²) in [5.74, 6) is -2.56. The van der Waals surface area contributed by atoms with Gasteiger partial charge in [0.25, 0.3) is 5.92 Å². The molecule has 0 bridgehead atoms. The van der Waals surface area contributed by atoms with Gasteiger partial charge in [0, 0.05) is 12.8 Å². The van der Waals surface area contributed by atoms with E-state index in [1.165, 1.54) is 6.92 Å². The minimum Gasteiger partial charge on any atom is -0.207 e. The molecular weight excluding hydrogens is 170 g/mol. The Morgan fingerprint density at radius 2 is 1.69 bits per heavy atom. The first-order valence-electron chi connectivity index (χ1n) is 4.47. The molecule has 0 spiro atoms. The molecule has 0 heterocycles. The lowest BCUT2D eigenvalue weighted by Gasteiger charge is -2.13. The SMILES string of the molecule is CCC(F)(F)Cc1ccc(C)cc1. The van der Waals surface area contributed by atoms with Gasteiger partial charge in [-0.1, -0.05) is 36.8 Å². The van der Waals surface area contributed by atoms with E-state index in [1.807, 2.05) is 19.1 Å². The molecule has 0 aliphatic carbocycles. The van der Waals surface area contributed by atoms with Crippen molar-refractivity contribution in [2.45, 2.75) is 32.6 Å². The highest BCUT2D eigenvalue weighted by molar-refractivity contribution is 5.22. The summed E-state index contributed by atoms with van der Waals surface area (Å²) in [7, 11) is 0. The summed E-state index contributed by atoms with van der Waals surface area (Å²) in [6, 6.07) is 7.25. The predicted octanol–water partition coefficient (Wildman–Crippen LogP) is 3.58. The standard InChI is InChI=1S/C11H14F2/c1-3-11(12,13)8-10-6-4-9(2)5-7-10/h4-7H,3,8H2,1-2H3. The number of hydrogen-bond acceptors (Lipinski definition) is 0. The van der Waals surface area contributed by atoms with E-state index < -0.39 is 5.92 Å². The maximum Gasteiger partial charge on any atom is 0.251 e. The van der Waals surface area contributed by atoms with Crippen molar-refractivity contribution >= 4 is 0 Å². The molecule has 0 fully saturated rings. The Bertz CT molecular complexity index is 262. The van der Waals surface area contributed by atoms with Crippen molar-refractivity contribution in [3.63, 3.8) is 0 Å². The fraction of sp³-hybridized carbons (Fsp3) is 0.455. The molecule has 0 aromatic heterocycles. The summed E-state index contributed by atoms with van der Waals surface area (Å²) >= 11 is 0. The quantitative estimate of drug-likeness (QED) is 0.673. The van der Waals surface area contributed by atoms with Crippen LogP contribution in [0.25, 0.3) is 0 Å². The van der Waals surface area contributed by atoms with Crippen LogP contribution in [-0.4, -0.2) is 5.92 Å². The topological polar surface area (TPSA) is 0 Å². The molecule has 0 nitrogen and oxygen atoms in total. The molecule has 0 radical (unpaired) electrons. The molecule has 0 aliphatic rings. The summed E-state index contributed by atoms with van der Waals surface area (Å²) in [4.78, 5) is 0. The number of rotatable bonds is 3. The third kappa shape index (κ3) is 3.13. The van der Waals surface area contributed by atoms with E-state index in [0.29, 0.717) is 5.56 Å². The van der Waals surface area contributed by atoms with E-state index in [9.17, 15) is 8.78 Å². The van der Waals surface area contributed by atoms with Gasteiger partial charge in [-0.15, -0.1) is 0 Å². The van der Waals surface area contributed by atoms with Crippen molar-refractivity contribution < 1.29 is 8.78 Å². The molecule has 13 heavy (non-hydrogen) atoms. The highest BCUT2D eigenvalue weighted by Crippen LogP contribution is 2.23. The molecule has 72 valence electrons. The zero-order chi connectivity index (χ0) is 9.90. The third-order valence-electron chi connectivity index (χ3n) is 2.10. The molecule has 0 aliphatic heterocycles. The van der Waals surface area contributed by atoms with E-state index in [0.717, 1.165) is 5.56 Å². The highest BCUT2D eigenvalue weighted by Gasteiger charge is 2.25. The number of benzene rings is 1. The Hall–Kier alpha value is -0.920. The fourth-order valence-corrected chi connectivity index (χ4v) is 1.13. The molecule has 0 amide bonds. The van der Waals surface area contributed by atoms with Crippen molar-refractivity contribution in [1.29, 1.82) is 0 Å². The van der Waals surface area contributed by atoms with Gasteiger partial charge in [0.2, 0.25) is 0 Å². The first-order valence-corrected chi connectivity index (χ1v) is 4.47. The van der Waals surface area contributed by atoms with Gasteiger partial charge in [-0.2, -0.15) is 0 Å². The third-order valence-corrected chi connectivity index (χ3v) is 2.10. The molecule has 1 aromatic carbocycles. The Labute approximate surface area is 77.6 Å².